The van der Waals surface area contributed by atoms with Gasteiger partial charge in [0, 0.05) is 31.9 Å². The SMILES string of the molecule is CN(Cc1ccc(CN)cc1)c1ccc2ncoc2c1. The van der Waals surface area contributed by atoms with Gasteiger partial charge in [0.25, 0.3) is 0 Å². The summed E-state index contributed by atoms with van der Waals surface area (Å²) in [6, 6.07) is 14.4. The predicted octanol–water partition coefficient (Wildman–Crippen LogP) is 2.92. The standard InChI is InChI=1S/C16H17N3O/c1-19(10-13-4-2-12(9-17)3-5-13)14-6-7-15-16(8-14)20-11-18-15/h2-8,11H,9-10,17H2,1H3. The fourth-order valence-corrected chi connectivity index (χ4v) is 2.23. The summed E-state index contributed by atoms with van der Waals surface area (Å²) in [5, 5.41) is 0. The van der Waals surface area contributed by atoms with Crippen molar-refractivity contribution in [2.75, 3.05) is 11.9 Å². The van der Waals surface area contributed by atoms with Gasteiger partial charge in [0.2, 0.25) is 0 Å². The van der Waals surface area contributed by atoms with Crippen molar-refractivity contribution in [1.29, 1.82) is 0 Å². The molecule has 0 fully saturated rings. The maximum atomic E-state index is 5.61. The first-order valence-electron chi connectivity index (χ1n) is 6.58. The Hall–Kier alpha value is -2.33. The van der Waals surface area contributed by atoms with Gasteiger partial charge in [-0.2, -0.15) is 0 Å². The first-order valence-corrected chi connectivity index (χ1v) is 6.58. The van der Waals surface area contributed by atoms with Gasteiger partial charge < -0.3 is 15.1 Å². The number of nitrogens with zero attached hydrogens (tertiary/aromatic N) is 2. The van der Waals surface area contributed by atoms with E-state index in [1.54, 1.807) is 0 Å². The van der Waals surface area contributed by atoms with Crippen LogP contribution in [0.4, 0.5) is 5.69 Å². The molecule has 3 rings (SSSR count). The molecule has 0 atom stereocenters. The van der Waals surface area contributed by atoms with E-state index in [0.717, 1.165) is 28.9 Å². The third-order valence-electron chi connectivity index (χ3n) is 3.43. The van der Waals surface area contributed by atoms with E-state index in [1.165, 1.54) is 12.0 Å². The number of nitrogens with two attached hydrogens (primary N) is 1. The summed E-state index contributed by atoms with van der Waals surface area (Å²) in [4.78, 5) is 6.31. The Morgan fingerprint density at radius 1 is 1.10 bits per heavy atom. The topological polar surface area (TPSA) is 55.3 Å². The molecule has 0 aliphatic rings. The highest BCUT2D eigenvalue weighted by Crippen LogP contribution is 2.21. The van der Waals surface area contributed by atoms with E-state index >= 15 is 0 Å². The molecule has 4 nitrogen and oxygen atoms in total. The van der Waals surface area contributed by atoms with Crippen LogP contribution in [0, 0.1) is 0 Å². The van der Waals surface area contributed by atoms with Crippen molar-refractivity contribution in [3.05, 3.63) is 60.0 Å². The summed E-state index contributed by atoms with van der Waals surface area (Å²) in [5.74, 6) is 0. The van der Waals surface area contributed by atoms with E-state index in [-0.39, 0.29) is 0 Å². The lowest BCUT2D eigenvalue weighted by Gasteiger charge is -2.19. The zero-order valence-corrected chi connectivity index (χ0v) is 11.4. The molecule has 0 aliphatic carbocycles. The Morgan fingerprint density at radius 2 is 1.85 bits per heavy atom. The third kappa shape index (κ3) is 2.51. The molecular formula is C16H17N3O. The smallest absolute Gasteiger partial charge is 0.181 e. The summed E-state index contributed by atoms with van der Waals surface area (Å²) in [6.45, 7) is 1.42. The highest BCUT2D eigenvalue weighted by Gasteiger charge is 2.05. The number of oxazole rings is 1. The lowest BCUT2D eigenvalue weighted by atomic mass is 10.1. The highest BCUT2D eigenvalue weighted by atomic mass is 16.3. The van der Waals surface area contributed by atoms with E-state index in [4.69, 9.17) is 10.2 Å². The Morgan fingerprint density at radius 3 is 2.60 bits per heavy atom. The minimum absolute atomic E-state index is 0.582. The van der Waals surface area contributed by atoms with E-state index < -0.39 is 0 Å². The van der Waals surface area contributed by atoms with Crippen molar-refractivity contribution in [1.82, 2.24) is 4.98 Å². The van der Waals surface area contributed by atoms with Gasteiger partial charge in [-0.3, -0.25) is 0 Å². The zero-order valence-electron chi connectivity index (χ0n) is 11.4. The van der Waals surface area contributed by atoms with Gasteiger partial charge in [0.05, 0.1) is 0 Å². The molecule has 102 valence electrons. The first kappa shape index (κ1) is 12.7. The van der Waals surface area contributed by atoms with Crippen LogP contribution >= 0.6 is 0 Å². The number of anilines is 1. The minimum atomic E-state index is 0.582. The van der Waals surface area contributed by atoms with Crippen LogP contribution < -0.4 is 10.6 Å². The zero-order chi connectivity index (χ0) is 13.9. The lowest BCUT2D eigenvalue weighted by molar-refractivity contribution is 0.602. The second-order valence-corrected chi connectivity index (χ2v) is 4.88. The van der Waals surface area contributed by atoms with E-state index in [0.29, 0.717) is 6.54 Å². The molecule has 0 saturated carbocycles. The van der Waals surface area contributed by atoms with Crippen LogP contribution in [0.3, 0.4) is 0 Å². The second-order valence-electron chi connectivity index (χ2n) is 4.88. The largest absolute Gasteiger partial charge is 0.443 e. The Kier molecular flexibility index (Phi) is 3.39. The van der Waals surface area contributed by atoms with E-state index in [1.807, 2.05) is 12.1 Å². The average molecular weight is 267 g/mol. The van der Waals surface area contributed by atoms with Crippen LogP contribution in [0.2, 0.25) is 0 Å². The number of aromatic nitrogens is 1. The molecular weight excluding hydrogens is 250 g/mol. The number of fused-ring (bicyclic) bond motifs is 1. The Labute approximate surface area is 117 Å². The first-order chi connectivity index (χ1) is 9.76. The number of hydrogen-bond acceptors (Lipinski definition) is 4. The molecule has 0 aliphatic heterocycles. The fourth-order valence-electron chi connectivity index (χ4n) is 2.23. The quantitative estimate of drug-likeness (QED) is 0.789. The summed E-state index contributed by atoms with van der Waals surface area (Å²) in [5.41, 5.74) is 10.8. The molecule has 0 saturated heterocycles. The van der Waals surface area contributed by atoms with Crippen molar-refractivity contribution in [2.24, 2.45) is 5.73 Å². The van der Waals surface area contributed by atoms with Crippen LogP contribution in [0.25, 0.3) is 11.1 Å². The van der Waals surface area contributed by atoms with Crippen LogP contribution in [-0.4, -0.2) is 12.0 Å². The summed E-state index contributed by atoms with van der Waals surface area (Å²) >= 11 is 0. The van der Waals surface area contributed by atoms with Crippen molar-refractivity contribution in [3.63, 3.8) is 0 Å². The molecule has 2 aromatic carbocycles. The van der Waals surface area contributed by atoms with Crippen molar-refractivity contribution < 1.29 is 4.42 Å². The molecule has 0 spiro atoms. The van der Waals surface area contributed by atoms with Crippen LogP contribution in [0.5, 0.6) is 0 Å². The van der Waals surface area contributed by atoms with Crippen LogP contribution in [-0.2, 0) is 13.1 Å². The number of benzene rings is 2. The normalized spacial score (nSPS) is 10.9. The predicted molar refractivity (Wildman–Crippen MR) is 80.4 cm³/mol. The van der Waals surface area contributed by atoms with Gasteiger partial charge in [0.1, 0.15) is 5.52 Å². The molecule has 1 heterocycles. The average Bonchev–Trinajstić information content (AvgIpc) is 2.95. The van der Waals surface area contributed by atoms with E-state index in [9.17, 15) is 0 Å². The van der Waals surface area contributed by atoms with E-state index in [2.05, 4.69) is 47.3 Å². The lowest BCUT2D eigenvalue weighted by Crippen LogP contribution is -2.16. The van der Waals surface area contributed by atoms with Crippen LogP contribution in [0.1, 0.15) is 11.1 Å². The third-order valence-corrected chi connectivity index (χ3v) is 3.43. The monoisotopic (exact) mass is 267 g/mol. The molecule has 1 aromatic heterocycles. The van der Waals surface area contributed by atoms with Gasteiger partial charge in [-0.05, 0) is 23.3 Å². The fraction of sp³-hybridized carbons (Fsp3) is 0.188. The van der Waals surface area contributed by atoms with Crippen molar-refractivity contribution in [3.8, 4) is 0 Å². The van der Waals surface area contributed by atoms with Gasteiger partial charge >= 0.3 is 0 Å². The van der Waals surface area contributed by atoms with Crippen LogP contribution in [0.15, 0.2) is 53.3 Å². The van der Waals surface area contributed by atoms with Gasteiger partial charge in [-0.25, -0.2) is 4.98 Å². The molecule has 0 bridgehead atoms. The summed E-state index contributed by atoms with van der Waals surface area (Å²) in [7, 11) is 2.06. The number of hydrogen-bond donors (Lipinski definition) is 1. The van der Waals surface area contributed by atoms with Crippen molar-refractivity contribution in [2.45, 2.75) is 13.1 Å². The molecule has 4 heteroatoms. The molecule has 20 heavy (non-hydrogen) atoms. The minimum Gasteiger partial charge on any atom is -0.443 e. The summed E-state index contributed by atoms with van der Waals surface area (Å²) in [6.07, 6.45) is 1.47. The maximum Gasteiger partial charge on any atom is 0.181 e. The maximum absolute atomic E-state index is 5.61. The molecule has 2 N–H and O–H groups in total. The Balaban J connectivity index is 1.78. The number of rotatable bonds is 4. The van der Waals surface area contributed by atoms with Gasteiger partial charge in [-0.15, -0.1) is 0 Å². The highest BCUT2D eigenvalue weighted by molar-refractivity contribution is 5.77. The molecule has 0 amide bonds. The molecule has 0 unspecified atom stereocenters. The summed E-state index contributed by atoms with van der Waals surface area (Å²) < 4.78 is 5.34. The Bertz CT molecular complexity index is 703. The second kappa shape index (κ2) is 5.35. The van der Waals surface area contributed by atoms with Gasteiger partial charge in [-0.1, -0.05) is 24.3 Å². The van der Waals surface area contributed by atoms with Crippen molar-refractivity contribution >= 4 is 16.8 Å². The molecule has 0 radical (unpaired) electrons. The van der Waals surface area contributed by atoms with Gasteiger partial charge in [0.15, 0.2) is 12.0 Å². The molecule has 3 aromatic rings.